The van der Waals surface area contributed by atoms with E-state index in [0.717, 1.165) is 38.5 Å². The number of hydrogen-bond acceptors (Lipinski definition) is 8. The number of aliphatic carboxylic acids is 1. The number of amides is 1. The third-order valence-corrected chi connectivity index (χ3v) is 11.6. The summed E-state index contributed by atoms with van der Waals surface area (Å²) in [6, 6.07) is -1.54. The first kappa shape index (κ1) is 55.5. The van der Waals surface area contributed by atoms with Crippen LogP contribution in [0.1, 0.15) is 239 Å². The molecule has 12 heteroatoms. The SMILES string of the molecule is CCCCCCCCCCCCCCCCCCCCC(=O)NC(COP(=O)(O)OCC(O)COC(=O)CCCCCCCCCCCCCCCCC)C(=O)O. The normalized spacial score (nSPS) is 13.6. The minimum atomic E-state index is -4.75. The molecule has 0 aliphatic heterocycles. The second-order valence-corrected chi connectivity index (χ2v) is 17.8. The Morgan fingerprint density at radius 1 is 0.491 bits per heavy atom. The van der Waals surface area contributed by atoms with Crippen molar-refractivity contribution >= 4 is 25.7 Å². The van der Waals surface area contributed by atoms with E-state index in [9.17, 15) is 34.1 Å². The van der Waals surface area contributed by atoms with Crippen molar-refractivity contribution in [3.05, 3.63) is 0 Å². The lowest BCUT2D eigenvalue weighted by atomic mass is 10.0. The van der Waals surface area contributed by atoms with Crippen LogP contribution in [0.3, 0.4) is 0 Å². The number of aliphatic hydroxyl groups is 1. The quantitative estimate of drug-likeness (QED) is 0.0263. The molecule has 4 N–H and O–H groups in total. The molecule has 0 saturated carbocycles. The van der Waals surface area contributed by atoms with Crippen LogP contribution >= 0.6 is 7.82 Å². The fourth-order valence-corrected chi connectivity index (χ4v) is 7.74. The highest BCUT2D eigenvalue weighted by Crippen LogP contribution is 2.43. The first-order valence-electron chi connectivity index (χ1n) is 23.6. The van der Waals surface area contributed by atoms with E-state index in [-0.39, 0.29) is 12.8 Å². The van der Waals surface area contributed by atoms with Crippen molar-refractivity contribution < 1.29 is 47.8 Å². The average Bonchev–Trinajstić information content (AvgIpc) is 3.18. The predicted molar refractivity (Wildman–Crippen MR) is 231 cm³/mol. The Morgan fingerprint density at radius 3 is 1.16 bits per heavy atom. The number of rotatable bonds is 45. The number of phosphoric ester groups is 1. The van der Waals surface area contributed by atoms with E-state index >= 15 is 0 Å². The summed E-state index contributed by atoms with van der Waals surface area (Å²) < 4.78 is 26.9. The standard InChI is InChI=1S/C45H88NO10P/c1-3-5-7-9-11-13-15-17-19-20-21-23-24-26-28-30-32-34-36-43(48)46-42(45(50)51)40-56-57(52,53)55-39-41(47)38-54-44(49)37-35-33-31-29-27-25-22-18-16-14-12-10-8-6-4-2/h41-42,47H,3-40H2,1-2H3,(H,46,48)(H,50,51)(H,52,53). The highest BCUT2D eigenvalue weighted by molar-refractivity contribution is 7.47. The smallest absolute Gasteiger partial charge is 0.472 e. The van der Waals surface area contributed by atoms with Gasteiger partial charge in [-0.3, -0.25) is 18.6 Å². The van der Waals surface area contributed by atoms with Gasteiger partial charge in [0.1, 0.15) is 12.7 Å². The van der Waals surface area contributed by atoms with Crippen LogP contribution in [0.25, 0.3) is 0 Å². The minimum absolute atomic E-state index is 0.153. The van der Waals surface area contributed by atoms with Gasteiger partial charge in [-0.2, -0.15) is 0 Å². The van der Waals surface area contributed by atoms with Gasteiger partial charge in [-0.1, -0.05) is 213 Å². The van der Waals surface area contributed by atoms with Crippen LogP contribution in [0.15, 0.2) is 0 Å². The van der Waals surface area contributed by atoms with Crippen molar-refractivity contribution in [3.63, 3.8) is 0 Å². The summed E-state index contributed by atoms with van der Waals surface area (Å²) in [5.41, 5.74) is 0. The summed E-state index contributed by atoms with van der Waals surface area (Å²) in [6.07, 6.45) is 39.8. The van der Waals surface area contributed by atoms with E-state index in [0.29, 0.717) is 12.8 Å². The Labute approximate surface area is 348 Å². The van der Waals surface area contributed by atoms with Gasteiger partial charge in [0.15, 0.2) is 6.04 Å². The number of carboxylic acid groups (broad SMARTS) is 1. The van der Waals surface area contributed by atoms with Crippen molar-refractivity contribution in [1.29, 1.82) is 0 Å². The second-order valence-electron chi connectivity index (χ2n) is 16.3. The number of esters is 1. The van der Waals surface area contributed by atoms with Gasteiger partial charge in [-0.15, -0.1) is 0 Å². The molecule has 0 saturated heterocycles. The lowest BCUT2D eigenvalue weighted by Gasteiger charge is -2.18. The van der Waals surface area contributed by atoms with Crippen LogP contribution in [0.4, 0.5) is 0 Å². The number of hydrogen-bond donors (Lipinski definition) is 4. The first-order chi connectivity index (χ1) is 27.6. The maximum Gasteiger partial charge on any atom is 0.472 e. The molecule has 57 heavy (non-hydrogen) atoms. The Hall–Kier alpha value is -1.52. The lowest BCUT2D eigenvalue weighted by Crippen LogP contribution is -2.43. The molecule has 0 aromatic heterocycles. The van der Waals surface area contributed by atoms with Crippen molar-refractivity contribution in [2.75, 3.05) is 19.8 Å². The van der Waals surface area contributed by atoms with E-state index < -0.39 is 57.6 Å². The molecule has 11 nitrogen and oxygen atoms in total. The summed E-state index contributed by atoms with van der Waals surface area (Å²) in [6.45, 7) is 2.64. The van der Waals surface area contributed by atoms with Crippen molar-refractivity contribution in [1.82, 2.24) is 5.32 Å². The molecule has 3 unspecified atom stereocenters. The number of phosphoric acid groups is 1. The third-order valence-electron chi connectivity index (χ3n) is 10.6. The fraction of sp³-hybridized carbons (Fsp3) is 0.933. The largest absolute Gasteiger partial charge is 0.480 e. The Bertz CT molecular complexity index is 984. The zero-order valence-electron chi connectivity index (χ0n) is 36.7. The second kappa shape index (κ2) is 41.2. The van der Waals surface area contributed by atoms with E-state index in [1.165, 1.54) is 161 Å². The van der Waals surface area contributed by atoms with Crippen LogP contribution in [0, 0.1) is 0 Å². The highest BCUT2D eigenvalue weighted by atomic mass is 31.2. The van der Waals surface area contributed by atoms with Crippen LogP contribution in [0.5, 0.6) is 0 Å². The monoisotopic (exact) mass is 834 g/mol. The summed E-state index contributed by atoms with van der Waals surface area (Å²) in [4.78, 5) is 46.0. The number of unbranched alkanes of at least 4 members (excludes halogenated alkanes) is 31. The molecule has 338 valence electrons. The summed E-state index contributed by atoms with van der Waals surface area (Å²) >= 11 is 0. The number of ether oxygens (including phenoxy) is 1. The molecular formula is C45H88NO10P. The average molecular weight is 834 g/mol. The number of carbonyl (C=O) groups is 3. The Kier molecular flexibility index (Phi) is 40.1. The van der Waals surface area contributed by atoms with Gasteiger partial charge in [-0.25, -0.2) is 9.36 Å². The third kappa shape index (κ3) is 41.0. The van der Waals surface area contributed by atoms with Gasteiger partial charge in [0, 0.05) is 12.8 Å². The molecular weight excluding hydrogens is 745 g/mol. The number of carbonyl (C=O) groups excluding carboxylic acids is 2. The molecule has 0 aromatic carbocycles. The Balaban J connectivity index is 3.83. The van der Waals surface area contributed by atoms with Crippen LogP contribution in [-0.4, -0.2) is 64.9 Å². The van der Waals surface area contributed by atoms with Crippen molar-refractivity contribution in [2.24, 2.45) is 0 Å². The molecule has 0 fully saturated rings. The van der Waals surface area contributed by atoms with Gasteiger partial charge < -0.3 is 25.2 Å². The van der Waals surface area contributed by atoms with Gasteiger partial charge in [0.2, 0.25) is 5.91 Å². The Morgan fingerprint density at radius 2 is 0.807 bits per heavy atom. The molecule has 1 amide bonds. The van der Waals surface area contributed by atoms with Crippen LogP contribution in [0.2, 0.25) is 0 Å². The molecule has 0 aliphatic rings. The highest BCUT2D eigenvalue weighted by Gasteiger charge is 2.28. The molecule has 0 bridgehead atoms. The molecule has 3 atom stereocenters. The molecule has 0 spiro atoms. The number of nitrogens with one attached hydrogen (secondary N) is 1. The summed E-state index contributed by atoms with van der Waals surface area (Å²) in [7, 11) is -4.75. The van der Waals surface area contributed by atoms with Gasteiger partial charge in [0.05, 0.1) is 13.2 Å². The molecule has 0 heterocycles. The molecule has 0 radical (unpaired) electrons. The summed E-state index contributed by atoms with van der Waals surface area (Å²) in [5, 5.41) is 21.9. The first-order valence-corrected chi connectivity index (χ1v) is 25.1. The van der Waals surface area contributed by atoms with Crippen LogP contribution < -0.4 is 5.32 Å². The van der Waals surface area contributed by atoms with E-state index in [2.05, 4.69) is 19.2 Å². The topological polar surface area (TPSA) is 169 Å². The zero-order valence-corrected chi connectivity index (χ0v) is 37.6. The van der Waals surface area contributed by atoms with Gasteiger partial charge in [0.25, 0.3) is 0 Å². The van der Waals surface area contributed by atoms with Gasteiger partial charge >= 0.3 is 19.8 Å². The minimum Gasteiger partial charge on any atom is -0.480 e. The molecule has 0 aromatic rings. The predicted octanol–water partition coefficient (Wildman–Crippen LogP) is 12.3. The van der Waals surface area contributed by atoms with E-state index in [4.69, 9.17) is 13.8 Å². The lowest BCUT2D eigenvalue weighted by molar-refractivity contribution is -0.147. The fourth-order valence-electron chi connectivity index (χ4n) is 6.96. The number of aliphatic hydroxyl groups excluding tert-OH is 1. The summed E-state index contributed by atoms with van der Waals surface area (Å²) in [5.74, 6) is -2.35. The van der Waals surface area contributed by atoms with Crippen molar-refractivity contribution in [2.45, 2.75) is 251 Å². The molecule has 0 aliphatic carbocycles. The molecule has 0 rings (SSSR count). The number of carboxylic acids is 1. The maximum absolute atomic E-state index is 12.3. The van der Waals surface area contributed by atoms with E-state index in [1.807, 2.05) is 0 Å². The van der Waals surface area contributed by atoms with Gasteiger partial charge in [-0.05, 0) is 12.8 Å². The maximum atomic E-state index is 12.3. The van der Waals surface area contributed by atoms with E-state index in [1.54, 1.807) is 0 Å². The zero-order chi connectivity index (χ0) is 42.1. The van der Waals surface area contributed by atoms with Crippen LogP contribution in [-0.2, 0) is 32.7 Å². The van der Waals surface area contributed by atoms with Crippen molar-refractivity contribution in [3.8, 4) is 0 Å².